The smallest absolute Gasteiger partial charge is 0.226 e. The Hall–Kier alpha value is -1.64. The number of aryl methyl sites for hydroxylation is 1. The lowest BCUT2D eigenvalue weighted by Crippen LogP contribution is -1.77. The van der Waals surface area contributed by atoms with Crippen molar-refractivity contribution < 1.29 is 8.81 Å². The summed E-state index contributed by atoms with van der Waals surface area (Å²) in [5.74, 6) is 1.02. The zero-order chi connectivity index (χ0) is 9.26. The molecule has 0 aliphatic carbocycles. The van der Waals surface area contributed by atoms with Gasteiger partial charge in [-0.1, -0.05) is 0 Å². The quantitative estimate of drug-likeness (QED) is 0.669. The van der Waals surface area contributed by atoms with Crippen molar-refractivity contribution in [3.05, 3.63) is 42.0 Å². The van der Waals surface area contributed by atoms with Crippen LogP contribution >= 0.6 is 0 Å². The number of hydrogen-bond acceptors (Lipinski definition) is 2. The second-order valence-corrected chi connectivity index (χ2v) is 2.78. The lowest BCUT2D eigenvalue weighted by Gasteiger charge is -1.93. The van der Waals surface area contributed by atoms with E-state index in [0.29, 0.717) is 5.89 Å². The summed E-state index contributed by atoms with van der Waals surface area (Å²) in [6.45, 7) is 1.82. The van der Waals surface area contributed by atoms with Crippen molar-refractivity contribution in [2.45, 2.75) is 6.92 Å². The Balaban J connectivity index is 2.41. The summed E-state index contributed by atoms with van der Waals surface area (Å²) in [5, 5.41) is 0. The van der Waals surface area contributed by atoms with Crippen LogP contribution in [0.3, 0.4) is 0 Å². The Bertz CT molecular complexity index is 405. The Morgan fingerprint density at radius 1 is 1.23 bits per heavy atom. The number of nitrogens with zero attached hydrogens (tertiary/aromatic N) is 1. The number of oxazole rings is 1. The molecule has 1 aromatic heterocycles. The molecule has 1 aromatic carbocycles. The summed E-state index contributed by atoms with van der Waals surface area (Å²) in [6, 6.07) is 6.05. The fourth-order valence-electron chi connectivity index (χ4n) is 1.08. The minimum atomic E-state index is -0.257. The Morgan fingerprint density at radius 3 is 2.46 bits per heavy atom. The van der Waals surface area contributed by atoms with Crippen LogP contribution in [0.5, 0.6) is 0 Å². The van der Waals surface area contributed by atoms with Crippen molar-refractivity contribution in [1.82, 2.24) is 4.98 Å². The van der Waals surface area contributed by atoms with Crippen molar-refractivity contribution in [3.8, 4) is 11.5 Å². The average Bonchev–Trinajstić information content (AvgIpc) is 2.53. The number of rotatable bonds is 1. The first-order valence-corrected chi connectivity index (χ1v) is 3.94. The highest BCUT2D eigenvalue weighted by Crippen LogP contribution is 2.18. The van der Waals surface area contributed by atoms with Gasteiger partial charge in [0.25, 0.3) is 0 Å². The van der Waals surface area contributed by atoms with Crippen LogP contribution in [-0.2, 0) is 0 Å². The molecule has 0 N–H and O–H groups in total. The molecule has 0 radical (unpaired) electrons. The second kappa shape index (κ2) is 3.01. The van der Waals surface area contributed by atoms with E-state index in [1.54, 1.807) is 18.3 Å². The predicted molar refractivity (Wildman–Crippen MR) is 46.6 cm³/mol. The molecule has 13 heavy (non-hydrogen) atoms. The van der Waals surface area contributed by atoms with Crippen LogP contribution in [-0.4, -0.2) is 4.98 Å². The molecule has 66 valence electrons. The molecule has 0 atom stereocenters. The van der Waals surface area contributed by atoms with Crippen molar-refractivity contribution in [2.75, 3.05) is 0 Å². The van der Waals surface area contributed by atoms with Crippen LogP contribution in [0.2, 0.25) is 0 Å². The summed E-state index contributed by atoms with van der Waals surface area (Å²) >= 11 is 0. The molecular weight excluding hydrogens is 169 g/mol. The first-order valence-electron chi connectivity index (χ1n) is 3.94. The maximum absolute atomic E-state index is 12.6. The normalized spacial score (nSPS) is 10.3. The third-order valence-corrected chi connectivity index (χ3v) is 1.71. The fraction of sp³-hybridized carbons (Fsp3) is 0.100. The van der Waals surface area contributed by atoms with Gasteiger partial charge >= 0.3 is 0 Å². The zero-order valence-electron chi connectivity index (χ0n) is 7.12. The molecule has 0 amide bonds. The van der Waals surface area contributed by atoms with Crippen molar-refractivity contribution in [1.29, 1.82) is 0 Å². The second-order valence-electron chi connectivity index (χ2n) is 2.78. The van der Waals surface area contributed by atoms with Crippen LogP contribution in [0, 0.1) is 12.7 Å². The van der Waals surface area contributed by atoms with E-state index in [1.165, 1.54) is 12.1 Å². The summed E-state index contributed by atoms with van der Waals surface area (Å²) in [6.07, 6.45) is 1.64. The Morgan fingerprint density at radius 2 is 1.92 bits per heavy atom. The minimum absolute atomic E-state index is 0.257. The molecule has 0 spiro atoms. The van der Waals surface area contributed by atoms with Gasteiger partial charge in [0.05, 0.1) is 6.20 Å². The zero-order valence-corrected chi connectivity index (χ0v) is 7.12. The predicted octanol–water partition coefficient (Wildman–Crippen LogP) is 2.79. The maximum atomic E-state index is 12.6. The maximum Gasteiger partial charge on any atom is 0.226 e. The van der Waals surface area contributed by atoms with E-state index in [2.05, 4.69) is 4.98 Å². The number of halogens is 1. The van der Waals surface area contributed by atoms with Gasteiger partial charge in [0.15, 0.2) is 0 Å². The summed E-state index contributed by atoms with van der Waals surface area (Å²) in [4.78, 5) is 4.03. The monoisotopic (exact) mass is 177 g/mol. The molecule has 0 saturated heterocycles. The first-order chi connectivity index (χ1) is 6.25. The summed E-state index contributed by atoms with van der Waals surface area (Å²) < 4.78 is 17.8. The topological polar surface area (TPSA) is 26.0 Å². The highest BCUT2D eigenvalue weighted by Gasteiger charge is 2.03. The van der Waals surface area contributed by atoms with Crippen molar-refractivity contribution in [2.24, 2.45) is 0 Å². The summed E-state index contributed by atoms with van der Waals surface area (Å²) in [5.41, 5.74) is 0.787. The van der Waals surface area contributed by atoms with E-state index < -0.39 is 0 Å². The molecule has 0 saturated carbocycles. The SMILES string of the molecule is Cc1cnc(-c2ccc(F)cc2)o1. The summed E-state index contributed by atoms with van der Waals surface area (Å²) in [7, 11) is 0. The van der Waals surface area contributed by atoms with Crippen LogP contribution in [0.4, 0.5) is 4.39 Å². The van der Waals surface area contributed by atoms with E-state index in [9.17, 15) is 4.39 Å². The standard InChI is InChI=1S/C10H8FNO/c1-7-6-12-10(13-7)8-2-4-9(11)5-3-8/h2-6H,1H3. The molecule has 0 unspecified atom stereocenters. The van der Waals surface area contributed by atoms with Gasteiger partial charge in [0.1, 0.15) is 11.6 Å². The minimum Gasteiger partial charge on any atom is -0.441 e. The van der Waals surface area contributed by atoms with E-state index in [4.69, 9.17) is 4.42 Å². The molecular formula is C10H8FNO. The van der Waals surface area contributed by atoms with Crippen LogP contribution in [0.15, 0.2) is 34.9 Å². The largest absolute Gasteiger partial charge is 0.441 e. The van der Waals surface area contributed by atoms with Gasteiger partial charge in [0.2, 0.25) is 5.89 Å². The van der Waals surface area contributed by atoms with Gasteiger partial charge in [-0.2, -0.15) is 0 Å². The molecule has 2 rings (SSSR count). The number of benzene rings is 1. The van der Waals surface area contributed by atoms with Gasteiger partial charge in [-0.05, 0) is 31.2 Å². The van der Waals surface area contributed by atoms with Gasteiger partial charge in [-0.3, -0.25) is 0 Å². The van der Waals surface area contributed by atoms with E-state index >= 15 is 0 Å². The molecule has 2 aromatic rings. The molecule has 0 fully saturated rings. The molecule has 0 bridgehead atoms. The van der Waals surface area contributed by atoms with Crippen LogP contribution < -0.4 is 0 Å². The van der Waals surface area contributed by atoms with Crippen LogP contribution in [0.25, 0.3) is 11.5 Å². The molecule has 1 heterocycles. The van der Waals surface area contributed by atoms with Gasteiger partial charge in [0, 0.05) is 5.56 Å². The lowest BCUT2D eigenvalue weighted by molar-refractivity contribution is 0.542. The Labute approximate surface area is 75.0 Å². The van der Waals surface area contributed by atoms with Gasteiger partial charge < -0.3 is 4.42 Å². The van der Waals surface area contributed by atoms with E-state index in [-0.39, 0.29) is 5.82 Å². The van der Waals surface area contributed by atoms with Crippen LogP contribution in [0.1, 0.15) is 5.76 Å². The molecule has 0 aliphatic heterocycles. The fourth-order valence-corrected chi connectivity index (χ4v) is 1.08. The third-order valence-electron chi connectivity index (χ3n) is 1.71. The van der Waals surface area contributed by atoms with Crippen molar-refractivity contribution in [3.63, 3.8) is 0 Å². The van der Waals surface area contributed by atoms with E-state index in [0.717, 1.165) is 11.3 Å². The number of hydrogen-bond donors (Lipinski definition) is 0. The molecule has 0 aliphatic rings. The average molecular weight is 177 g/mol. The van der Waals surface area contributed by atoms with Gasteiger partial charge in [-0.15, -0.1) is 0 Å². The number of aromatic nitrogens is 1. The van der Waals surface area contributed by atoms with E-state index in [1.807, 2.05) is 6.92 Å². The van der Waals surface area contributed by atoms with Gasteiger partial charge in [-0.25, -0.2) is 9.37 Å². The third kappa shape index (κ3) is 1.59. The highest BCUT2D eigenvalue weighted by atomic mass is 19.1. The first kappa shape index (κ1) is 7.98. The Kier molecular flexibility index (Phi) is 1.85. The molecule has 2 nitrogen and oxygen atoms in total. The lowest BCUT2D eigenvalue weighted by atomic mass is 10.2. The highest BCUT2D eigenvalue weighted by molar-refractivity contribution is 5.52. The van der Waals surface area contributed by atoms with Crippen molar-refractivity contribution >= 4 is 0 Å². The molecule has 3 heteroatoms.